The van der Waals surface area contributed by atoms with Gasteiger partial charge in [0.05, 0.1) is 0 Å². The first kappa shape index (κ1) is 7.14. The van der Waals surface area contributed by atoms with Crippen molar-refractivity contribution in [1.29, 1.82) is 0 Å². The first-order chi connectivity index (χ1) is 5.23. The highest BCUT2D eigenvalue weighted by Gasteiger charge is 2.57. The Morgan fingerprint density at radius 3 is 3.00 bits per heavy atom. The molecule has 2 heteroatoms. The van der Waals surface area contributed by atoms with Crippen molar-refractivity contribution in [3.8, 4) is 0 Å². The maximum atomic E-state index is 10.7. The summed E-state index contributed by atoms with van der Waals surface area (Å²) in [6, 6.07) is 0. The molecule has 0 N–H and O–H groups in total. The molecule has 62 valence electrons. The van der Waals surface area contributed by atoms with Crippen molar-refractivity contribution < 1.29 is 9.53 Å². The highest BCUT2D eigenvalue weighted by molar-refractivity contribution is 5.67. The zero-order valence-corrected chi connectivity index (χ0v) is 6.93. The lowest BCUT2D eigenvalue weighted by molar-refractivity contribution is -0.150. The van der Waals surface area contributed by atoms with Crippen LogP contribution in [0.2, 0.25) is 0 Å². The molecule has 2 atom stereocenters. The van der Waals surface area contributed by atoms with Crippen LogP contribution in [0, 0.1) is 5.92 Å². The Bertz CT molecular complexity index is 188. The molecular formula is C9H14O2. The first-order valence-corrected chi connectivity index (χ1v) is 4.42. The summed E-state index contributed by atoms with van der Waals surface area (Å²) in [5, 5.41) is 0. The van der Waals surface area contributed by atoms with E-state index >= 15 is 0 Å². The Balaban J connectivity index is 1.96. The molecule has 0 radical (unpaired) electrons. The van der Waals surface area contributed by atoms with Crippen LogP contribution in [-0.2, 0) is 9.53 Å². The van der Waals surface area contributed by atoms with Gasteiger partial charge in [-0.3, -0.25) is 4.79 Å². The van der Waals surface area contributed by atoms with E-state index in [9.17, 15) is 4.79 Å². The lowest BCUT2D eigenvalue weighted by Gasteiger charge is -2.21. The van der Waals surface area contributed by atoms with Gasteiger partial charge in [0.2, 0.25) is 0 Å². The van der Waals surface area contributed by atoms with Crippen molar-refractivity contribution >= 4 is 5.97 Å². The minimum Gasteiger partial charge on any atom is -0.459 e. The third kappa shape index (κ3) is 1.15. The highest BCUT2D eigenvalue weighted by Crippen LogP contribution is 2.56. The Morgan fingerprint density at radius 2 is 2.36 bits per heavy atom. The number of carbonyl (C=O) groups excluding carboxylic acids is 1. The highest BCUT2D eigenvalue weighted by atomic mass is 16.6. The second kappa shape index (κ2) is 2.23. The van der Waals surface area contributed by atoms with E-state index in [1.165, 1.54) is 26.2 Å². The first-order valence-electron chi connectivity index (χ1n) is 4.42. The van der Waals surface area contributed by atoms with E-state index < -0.39 is 0 Å². The number of hydrogen-bond donors (Lipinski definition) is 0. The SMILES string of the molecule is CC(=O)O[C@]12CCCC[C@H]1C2. The van der Waals surface area contributed by atoms with Gasteiger partial charge < -0.3 is 4.74 Å². The molecular weight excluding hydrogens is 140 g/mol. The molecule has 11 heavy (non-hydrogen) atoms. The van der Waals surface area contributed by atoms with Crippen LogP contribution < -0.4 is 0 Å². The Morgan fingerprint density at radius 1 is 1.55 bits per heavy atom. The van der Waals surface area contributed by atoms with Crippen LogP contribution in [0.5, 0.6) is 0 Å². The molecule has 2 fully saturated rings. The van der Waals surface area contributed by atoms with E-state index in [2.05, 4.69) is 0 Å². The molecule has 0 aliphatic heterocycles. The van der Waals surface area contributed by atoms with Crippen molar-refractivity contribution in [1.82, 2.24) is 0 Å². The zero-order chi connectivity index (χ0) is 7.90. The summed E-state index contributed by atoms with van der Waals surface area (Å²) in [4.78, 5) is 10.7. The maximum Gasteiger partial charge on any atom is 0.303 e. The standard InChI is InChI=1S/C9H14O2/c1-7(10)11-9-5-3-2-4-8(9)6-9/h8H,2-6H2,1H3/t8-,9-/m0/s1. The fraction of sp³-hybridized carbons (Fsp3) is 0.889. The molecule has 0 aromatic rings. The molecule has 0 spiro atoms. The zero-order valence-electron chi connectivity index (χ0n) is 6.93. The molecule has 0 unspecified atom stereocenters. The Kier molecular flexibility index (Phi) is 1.44. The van der Waals surface area contributed by atoms with Gasteiger partial charge in [-0.05, 0) is 25.7 Å². The van der Waals surface area contributed by atoms with Gasteiger partial charge in [-0.2, -0.15) is 0 Å². The van der Waals surface area contributed by atoms with Crippen LogP contribution in [-0.4, -0.2) is 11.6 Å². The fourth-order valence-electron chi connectivity index (χ4n) is 2.31. The molecule has 0 saturated heterocycles. The average molecular weight is 154 g/mol. The largest absolute Gasteiger partial charge is 0.459 e. The van der Waals surface area contributed by atoms with Gasteiger partial charge in [0.15, 0.2) is 0 Å². The minimum atomic E-state index is -0.102. The second-order valence-electron chi connectivity index (χ2n) is 3.81. The Labute approximate surface area is 66.9 Å². The van der Waals surface area contributed by atoms with Crippen molar-refractivity contribution in [3.63, 3.8) is 0 Å². The summed E-state index contributed by atoms with van der Waals surface area (Å²) in [5.74, 6) is 0.606. The molecule has 2 nitrogen and oxygen atoms in total. The summed E-state index contributed by atoms with van der Waals surface area (Å²) < 4.78 is 5.31. The number of hydrogen-bond acceptors (Lipinski definition) is 2. The van der Waals surface area contributed by atoms with Crippen LogP contribution in [0.15, 0.2) is 0 Å². The lowest BCUT2D eigenvalue weighted by atomic mass is 9.98. The second-order valence-corrected chi connectivity index (χ2v) is 3.81. The third-order valence-corrected chi connectivity index (χ3v) is 2.93. The number of rotatable bonds is 1. The molecule has 2 aliphatic rings. The van der Waals surface area contributed by atoms with Gasteiger partial charge in [0.25, 0.3) is 0 Å². The van der Waals surface area contributed by atoms with Crippen molar-refractivity contribution in [3.05, 3.63) is 0 Å². The Hall–Kier alpha value is -0.530. The number of carbonyl (C=O) groups is 1. The van der Waals surface area contributed by atoms with E-state index in [1.54, 1.807) is 0 Å². The monoisotopic (exact) mass is 154 g/mol. The van der Waals surface area contributed by atoms with Crippen molar-refractivity contribution in [2.45, 2.75) is 44.6 Å². The molecule has 0 aromatic heterocycles. The van der Waals surface area contributed by atoms with E-state index in [1.807, 2.05) is 0 Å². The smallest absolute Gasteiger partial charge is 0.303 e. The summed E-state index contributed by atoms with van der Waals surface area (Å²) in [5.41, 5.74) is 0.0179. The van der Waals surface area contributed by atoms with Gasteiger partial charge in [0, 0.05) is 12.8 Å². The minimum absolute atomic E-state index is 0.0179. The number of ether oxygens (including phenoxy) is 1. The molecule has 2 aliphatic carbocycles. The lowest BCUT2D eigenvalue weighted by Crippen LogP contribution is -2.22. The normalized spacial score (nSPS) is 41.0. The quantitative estimate of drug-likeness (QED) is 0.539. The summed E-state index contributed by atoms with van der Waals surface area (Å²) in [6.07, 6.45) is 6.08. The molecule has 0 bridgehead atoms. The molecule has 0 heterocycles. The van der Waals surface area contributed by atoms with E-state index in [0.717, 1.165) is 12.8 Å². The van der Waals surface area contributed by atoms with Crippen LogP contribution >= 0.6 is 0 Å². The van der Waals surface area contributed by atoms with Crippen LogP contribution in [0.3, 0.4) is 0 Å². The van der Waals surface area contributed by atoms with E-state index in [0.29, 0.717) is 5.92 Å². The fourth-order valence-corrected chi connectivity index (χ4v) is 2.31. The summed E-state index contributed by atoms with van der Waals surface area (Å²) >= 11 is 0. The molecule has 0 aromatic carbocycles. The summed E-state index contributed by atoms with van der Waals surface area (Å²) in [7, 11) is 0. The van der Waals surface area contributed by atoms with Crippen molar-refractivity contribution in [2.24, 2.45) is 5.92 Å². The molecule has 2 rings (SSSR count). The van der Waals surface area contributed by atoms with Crippen LogP contribution in [0.1, 0.15) is 39.0 Å². The third-order valence-electron chi connectivity index (χ3n) is 2.93. The van der Waals surface area contributed by atoms with Crippen LogP contribution in [0.4, 0.5) is 0 Å². The van der Waals surface area contributed by atoms with E-state index in [-0.39, 0.29) is 11.6 Å². The predicted octanol–water partition coefficient (Wildman–Crippen LogP) is 1.88. The van der Waals surface area contributed by atoms with Gasteiger partial charge >= 0.3 is 5.97 Å². The average Bonchev–Trinajstić information content (AvgIpc) is 2.59. The number of fused-ring (bicyclic) bond motifs is 1. The van der Waals surface area contributed by atoms with Crippen LogP contribution in [0.25, 0.3) is 0 Å². The van der Waals surface area contributed by atoms with Gasteiger partial charge in [-0.1, -0.05) is 6.42 Å². The predicted molar refractivity (Wildman–Crippen MR) is 41.1 cm³/mol. The van der Waals surface area contributed by atoms with Crippen molar-refractivity contribution in [2.75, 3.05) is 0 Å². The molecule has 0 amide bonds. The van der Waals surface area contributed by atoms with Gasteiger partial charge in [-0.15, -0.1) is 0 Å². The molecule has 2 saturated carbocycles. The summed E-state index contributed by atoms with van der Waals surface area (Å²) in [6.45, 7) is 1.51. The maximum absolute atomic E-state index is 10.7. The number of esters is 1. The van der Waals surface area contributed by atoms with Gasteiger partial charge in [-0.25, -0.2) is 0 Å². The van der Waals surface area contributed by atoms with Gasteiger partial charge in [0.1, 0.15) is 5.60 Å². The van der Waals surface area contributed by atoms with E-state index in [4.69, 9.17) is 4.74 Å². The topological polar surface area (TPSA) is 26.3 Å².